The molecule has 4 rings (SSSR count). The highest BCUT2D eigenvalue weighted by Gasteiger charge is 2.36. The van der Waals surface area contributed by atoms with Gasteiger partial charge >= 0.3 is 0 Å². The van der Waals surface area contributed by atoms with Gasteiger partial charge in [0, 0.05) is 17.5 Å². The molecule has 2 aliphatic rings. The molecule has 0 aromatic heterocycles. The fourth-order valence-electron chi connectivity index (χ4n) is 4.45. The summed E-state index contributed by atoms with van der Waals surface area (Å²) in [6.45, 7) is 4.59. The summed E-state index contributed by atoms with van der Waals surface area (Å²) in [7, 11) is 3.32. The number of hydrogen-bond acceptors (Lipinski definition) is 5. The Morgan fingerprint density at radius 3 is 2.35 bits per heavy atom. The normalized spacial score (nSPS) is 19.9. The van der Waals surface area contributed by atoms with Crippen molar-refractivity contribution in [3.05, 3.63) is 59.7 Å². The molecule has 0 aliphatic carbocycles. The van der Waals surface area contributed by atoms with Crippen molar-refractivity contribution in [1.82, 2.24) is 9.91 Å². The van der Waals surface area contributed by atoms with Gasteiger partial charge in [-0.15, -0.1) is 0 Å². The quantitative estimate of drug-likeness (QED) is 0.704. The molecule has 1 atom stereocenters. The monoisotopic (exact) mass is 421 g/mol. The number of para-hydroxylation sites is 2. The van der Waals surface area contributed by atoms with E-state index in [4.69, 9.17) is 14.6 Å². The van der Waals surface area contributed by atoms with Crippen LogP contribution in [0.2, 0.25) is 0 Å². The third kappa shape index (κ3) is 4.59. The number of carbonyl (C=O) groups is 1. The number of amides is 1. The number of carbonyl (C=O) groups excluding carboxylic acids is 1. The van der Waals surface area contributed by atoms with Crippen LogP contribution in [0, 0.1) is 5.92 Å². The lowest BCUT2D eigenvalue weighted by molar-refractivity contribution is -0.134. The first-order valence-corrected chi connectivity index (χ1v) is 11.0. The van der Waals surface area contributed by atoms with Gasteiger partial charge < -0.3 is 9.47 Å². The molecule has 2 aromatic carbocycles. The predicted octanol–water partition coefficient (Wildman–Crippen LogP) is 4.11. The summed E-state index contributed by atoms with van der Waals surface area (Å²) < 4.78 is 11.2. The van der Waals surface area contributed by atoms with Gasteiger partial charge in [0.2, 0.25) is 0 Å². The molecule has 31 heavy (non-hydrogen) atoms. The Kier molecular flexibility index (Phi) is 6.56. The lowest BCUT2D eigenvalue weighted by atomic mass is 9.97. The van der Waals surface area contributed by atoms with Crippen LogP contribution in [0.1, 0.15) is 43.4 Å². The van der Waals surface area contributed by atoms with E-state index in [1.54, 1.807) is 19.2 Å². The van der Waals surface area contributed by atoms with Crippen LogP contribution in [0.3, 0.4) is 0 Å². The van der Waals surface area contributed by atoms with Gasteiger partial charge in [0.1, 0.15) is 11.5 Å². The van der Waals surface area contributed by atoms with Crippen molar-refractivity contribution in [1.29, 1.82) is 0 Å². The van der Waals surface area contributed by atoms with Crippen LogP contribution in [0.25, 0.3) is 0 Å². The molecule has 1 fully saturated rings. The van der Waals surface area contributed by atoms with Gasteiger partial charge in [0.15, 0.2) is 0 Å². The van der Waals surface area contributed by atoms with Crippen LogP contribution in [-0.4, -0.2) is 55.4 Å². The van der Waals surface area contributed by atoms with Crippen LogP contribution in [0.5, 0.6) is 11.5 Å². The Labute approximate surface area is 184 Å². The average molecular weight is 422 g/mol. The SMILES string of the molecule is COc1ccccc1C1=NN(C(=O)CN2CCC(C)CC2)C(c2ccccc2OC)C1. The van der Waals surface area contributed by atoms with E-state index >= 15 is 0 Å². The standard InChI is InChI=1S/C25H31N3O3/c1-18-12-14-27(15-13-18)17-25(29)28-22(20-9-5-7-11-24(20)31-3)16-21(26-28)19-8-4-6-10-23(19)30-2/h4-11,18,22H,12-17H2,1-3H3. The van der Waals surface area contributed by atoms with Crippen molar-refractivity contribution in [2.24, 2.45) is 11.0 Å². The molecule has 1 amide bonds. The maximum absolute atomic E-state index is 13.4. The van der Waals surface area contributed by atoms with Crippen LogP contribution >= 0.6 is 0 Å². The van der Waals surface area contributed by atoms with Crippen molar-refractivity contribution in [2.45, 2.75) is 32.2 Å². The maximum Gasteiger partial charge on any atom is 0.257 e. The Morgan fingerprint density at radius 2 is 1.65 bits per heavy atom. The van der Waals surface area contributed by atoms with Gasteiger partial charge in [0.05, 0.1) is 32.5 Å². The first-order chi connectivity index (χ1) is 15.1. The van der Waals surface area contributed by atoms with Gasteiger partial charge in [-0.3, -0.25) is 9.69 Å². The molecule has 0 radical (unpaired) electrons. The Bertz CT molecular complexity index is 951. The fraction of sp³-hybridized carbons (Fsp3) is 0.440. The second kappa shape index (κ2) is 9.52. The molecule has 164 valence electrons. The van der Waals surface area contributed by atoms with Crippen molar-refractivity contribution in [2.75, 3.05) is 33.9 Å². The number of likely N-dealkylation sites (tertiary alicyclic amines) is 1. The second-order valence-corrected chi connectivity index (χ2v) is 8.41. The largest absolute Gasteiger partial charge is 0.496 e. The Morgan fingerprint density at radius 1 is 1.00 bits per heavy atom. The molecule has 0 saturated carbocycles. The van der Waals surface area contributed by atoms with Crippen LogP contribution in [-0.2, 0) is 4.79 Å². The molecule has 2 aliphatic heterocycles. The van der Waals surface area contributed by atoms with E-state index in [2.05, 4.69) is 11.8 Å². The Hall–Kier alpha value is -2.86. The number of hydrogen-bond donors (Lipinski definition) is 0. The molecule has 6 nitrogen and oxygen atoms in total. The van der Waals surface area contributed by atoms with Gasteiger partial charge in [-0.25, -0.2) is 5.01 Å². The zero-order chi connectivity index (χ0) is 21.8. The molecule has 0 spiro atoms. The van der Waals surface area contributed by atoms with Gasteiger partial charge in [-0.1, -0.05) is 37.3 Å². The van der Waals surface area contributed by atoms with E-state index in [1.807, 2.05) is 48.5 Å². The summed E-state index contributed by atoms with van der Waals surface area (Å²) in [6.07, 6.45) is 2.89. The van der Waals surface area contributed by atoms with Crippen LogP contribution in [0.15, 0.2) is 53.6 Å². The molecule has 6 heteroatoms. The Balaban J connectivity index is 1.64. The zero-order valence-corrected chi connectivity index (χ0v) is 18.6. The zero-order valence-electron chi connectivity index (χ0n) is 18.6. The number of rotatable bonds is 6. The number of hydrazone groups is 1. The smallest absolute Gasteiger partial charge is 0.257 e. The summed E-state index contributed by atoms with van der Waals surface area (Å²) in [6, 6.07) is 15.5. The van der Waals surface area contributed by atoms with Crippen LogP contribution in [0.4, 0.5) is 0 Å². The molecular formula is C25H31N3O3. The first kappa shape index (κ1) is 21.4. The molecule has 0 bridgehead atoms. The second-order valence-electron chi connectivity index (χ2n) is 8.41. The summed E-state index contributed by atoms with van der Waals surface area (Å²) in [5.41, 5.74) is 2.75. The minimum absolute atomic E-state index is 0.0235. The first-order valence-electron chi connectivity index (χ1n) is 11.0. The third-order valence-corrected chi connectivity index (χ3v) is 6.32. The lowest BCUT2D eigenvalue weighted by Gasteiger charge is -2.31. The number of ether oxygens (including phenoxy) is 2. The minimum atomic E-state index is -0.202. The highest BCUT2D eigenvalue weighted by molar-refractivity contribution is 6.05. The summed E-state index contributed by atoms with van der Waals surface area (Å²) >= 11 is 0. The molecule has 2 aromatic rings. The summed E-state index contributed by atoms with van der Waals surface area (Å²) in [5.74, 6) is 2.29. The topological polar surface area (TPSA) is 54.4 Å². The number of methoxy groups -OCH3 is 2. The number of piperidine rings is 1. The summed E-state index contributed by atoms with van der Waals surface area (Å²) in [5, 5.41) is 6.48. The van der Waals surface area contributed by atoms with Gasteiger partial charge in [0.25, 0.3) is 5.91 Å². The molecule has 2 heterocycles. The van der Waals surface area contributed by atoms with Crippen molar-refractivity contribution >= 4 is 11.6 Å². The van der Waals surface area contributed by atoms with Crippen LogP contribution < -0.4 is 9.47 Å². The molecular weight excluding hydrogens is 390 g/mol. The highest BCUT2D eigenvalue weighted by Crippen LogP contribution is 2.38. The van der Waals surface area contributed by atoms with Crippen molar-refractivity contribution < 1.29 is 14.3 Å². The van der Waals surface area contributed by atoms with Crippen molar-refractivity contribution in [3.8, 4) is 11.5 Å². The van der Waals surface area contributed by atoms with E-state index in [0.717, 1.165) is 60.2 Å². The number of benzene rings is 2. The predicted molar refractivity (Wildman–Crippen MR) is 122 cm³/mol. The lowest BCUT2D eigenvalue weighted by Crippen LogP contribution is -2.41. The van der Waals surface area contributed by atoms with E-state index in [0.29, 0.717) is 13.0 Å². The fourth-order valence-corrected chi connectivity index (χ4v) is 4.45. The molecule has 1 unspecified atom stereocenters. The minimum Gasteiger partial charge on any atom is -0.496 e. The molecule has 1 saturated heterocycles. The van der Waals surface area contributed by atoms with Crippen molar-refractivity contribution in [3.63, 3.8) is 0 Å². The third-order valence-electron chi connectivity index (χ3n) is 6.32. The van der Waals surface area contributed by atoms with Gasteiger partial charge in [-0.05, 0) is 50.0 Å². The van der Waals surface area contributed by atoms with E-state index in [1.165, 1.54) is 0 Å². The van der Waals surface area contributed by atoms with E-state index in [-0.39, 0.29) is 11.9 Å². The maximum atomic E-state index is 13.4. The average Bonchev–Trinajstić information content (AvgIpc) is 3.25. The number of nitrogens with zero attached hydrogens (tertiary/aromatic N) is 3. The van der Waals surface area contributed by atoms with E-state index < -0.39 is 0 Å². The highest BCUT2D eigenvalue weighted by atomic mass is 16.5. The summed E-state index contributed by atoms with van der Waals surface area (Å²) in [4.78, 5) is 15.7. The van der Waals surface area contributed by atoms with Gasteiger partial charge in [-0.2, -0.15) is 5.10 Å². The van der Waals surface area contributed by atoms with E-state index in [9.17, 15) is 4.79 Å². The molecule has 0 N–H and O–H groups in total.